The number of anilines is 2. The Morgan fingerprint density at radius 3 is 2.78 bits per heavy atom. The van der Waals surface area contributed by atoms with Gasteiger partial charge in [0.05, 0.1) is 47.5 Å². The van der Waals surface area contributed by atoms with Crippen molar-refractivity contribution >= 4 is 29.0 Å². The van der Waals surface area contributed by atoms with Crippen molar-refractivity contribution in [3.63, 3.8) is 0 Å². The Labute approximate surface area is 188 Å². The number of aromatic nitrogens is 2. The lowest BCUT2D eigenvalue weighted by molar-refractivity contribution is 0.0683. The van der Waals surface area contributed by atoms with Gasteiger partial charge >= 0.3 is 6.03 Å². The Morgan fingerprint density at radius 1 is 1.12 bits per heavy atom. The van der Waals surface area contributed by atoms with Gasteiger partial charge in [0.2, 0.25) is 5.95 Å². The SMILES string of the molecule is N#Cc1cccc(NC(=O)N[C@@H]2CO[C@@H]3[C@@H]2OC[C@@H]3Nc2nccc(-c3cccs3)n2)c1. The largest absolute Gasteiger partial charge is 0.371 e. The monoisotopic (exact) mass is 448 g/mol. The summed E-state index contributed by atoms with van der Waals surface area (Å²) in [5.74, 6) is 0.514. The lowest BCUT2D eigenvalue weighted by Gasteiger charge is -2.18. The van der Waals surface area contributed by atoms with Crippen LogP contribution in [0.3, 0.4) is 0 Å². The van der Waals surface area contributed by atoms with Crippen molar-refractivity contribution in [2.45, 2.75) is 24.3 Å². The summed E-state index contributed by atoms with van der Waals surface area (Å²) in [5, 5.41) is 20.0. The maximum absolute atomic E-state index is 12.4. The number of carbonyl (C=O) groups is 1. The summed E-state index contributed by atoms with van der Waals surface area (Å²) in [4.78, 5) is 22.4. The third kappa shape index (κ3) is 4.27. The van der Waals surface area contributed by atoms with Crippen LogP contribution in [-0.2, 0) is 9.47 Å². The minimum absolute atomic E-state index is 0.124. The van der Waals surface area contributed by atoms with E-state index in [9.17, 15) is 4.79 Å². The van der Waals surface area contributed by atoms with E-state index in [0.717, 1.165) is 10.6 Å². The molecule has 0 saturated carbocycles. The van der Waals surface area contributed by atoms with Gasteiger partial charge in [-0.25, -0.2) is 14.8 Å². The highest BCUT2D eigenvalue weighted by molar-refractivity contribution is 7.13. The predicted molar refractivity (Wildman–Crippen MR) is 119 cm³/mol. The lowest BCUT2D eigenvalue weighted by atomic mass is 10.1. The van der Waals surface area contributed by atoms with Gasteiger partial charge < -0.3 is 25.4 Å². The number of ether oxygens (including phenoxy) is 2. The summed E-state index contributed by atoms with van der Waals surface area (Å²) >= 11 is 1.62. The number of hydrogen-bond acceptors (Lipinski definition) is 8. The van der Waals surface area contributed by atoms with Crippen LogP contribution in [0.5, 0.6) is 0 Å². The first kappa shape index (κ1) is 20.4. The molecular weight excluding hydrogens is 428 g/mol. The van der Waals surface area contributed by atoms with E-state index in [0.29, 0.717) is 30.4 Å². The second-order valence-electron chi connectivity index (χ2n) is 7.49. The van der Waals surface area contributed by atoms with Crippen LogP contribution in [0.4, 0.5) is 16.4 Å². The van der Waals surface area contributed by atoms with Gasteiger partial charge in [0.25, 0.3) is 0 Å². The maximum atomic E-state index is 12.4. The molecule has 0 radical (unpaired) electrons. The molecule has 32 heavy (non-hydrogen) atoms. The molecule has 2 aliphatic rings. The second kappa shape index (κ2) is 8.92. The molecular formula is C22H20N6O3S. The number of carbonyl (C=O) groups excluding carboxylic acids is 1. The van der Waals surface area contributed by atoms with Crippen LogP contribution < -0.4 is 16.0 Å². The van der Waals surface area contributed by atoms with E-state index in [4.69, 9.17) is 14.7 Å². The fraction of sp³-hybridized carbons (Fsp3) is 0.273. The first-order valence-electron chi connectivity index (χ1n) is 10.1. The van der Waals surface area contributed by atoms with Gasteiger partial charge in [0.1, 0.15) is 12.2 Å². The molecule has 2 aromatic heterocycles. The van der Waals surface area contributed by atoms with Gasteiger partial charge in [0.15, 0.2) is 0 Å². The topological polar surface area (TPSA) is 121 Å². The zero-order chi connectivity index (χ0) is 21.9. The molecule has 2 saturated heterocycles. The smallest absolute Gasteiger partial charge is 0.319 e. The molecule has 3 N–H and O–H groups in total. The molecule has 2 aliphatic heterocycles. The van der Waals surface area contributed by atoms with Crippen molar-refractivity contribution in [1.29, 1.82) is 5.26 Å². The Bertz CT molecular complexity index is 1150. The van der Waals surface area contributed by atoms with Crippen LogP contribution in [0.15, 0.2) is 54.0 Å². The molecule has 9 nitrogen and oxygen atoms in total. The average molecular weight is 449 g/mol. The highest BCUT2D eigenvalue weighted by atomic mass is 32.1. The van der Waals surface area contributed by atoms with Crippen molar-refractivity contribution < 1.29 is 14.3 Å². The zero-order valence-corrected chi connectivity index (χ0v) is 17.7. The van der Waals surface area contributed by atoms with Crippen LogP contribution >= 0.6 is 11.3 Å². The van der Waals surface area contributed by atoms with Gasteiger partial charge in [-0.05, 0) is 35.7 Å². The molecule has 0 spiro atoms. The average Bonchev–Trinajstić information content (AvgIpc) is 3.55. The Balaban J connectivity index is 1.19. The molecule has 4 atom stereocenters. The number of nitrogens with zero attached hydrogens (tertiary/aromatic N) is 3. The molecule has 0 unspecified atom stereocenters. The Kier molecular flexibility index (Phi) is 5.68. The molecule has 2 amide bonds. The van der Waals surface area contributed by atoms with E-state index < -0.39 is 0 Å². The number of nitrogens with one attached hydrogen (secondary N) is 3. The highest BCUT2D eigenvalue weighted by Gasteiger charge is 2.48. The molecule has 3 aromatic rings. The fourth-order valence-electron chi connectivity index (χ4n) is 3.90. The van der Waals surface area contributed by atoms with Gasteiger partial charge in [-0.2, -0.15) is 5.26 Å². The van der Waals surface area contributed by atoms with Gasteiger partial charge in [-0.3, -0.25) is 0 Å². The van der Waals surface area contributed by atoms with Crippen LogP contribution in [0, 0.1) is 11.3 Å². The molecule has 162 valence electrons. The molecule has 0 bridgehead atoms. The Morgan fingerprint density at radius 2 is 1.97 bits per heavy atom. The number of thiophene rings is 1. The molecule has 5 rings (SSSR count). The van der Waals surface area contributed by atoms with E-state index in [1.807, 2.05) is 23.6 Å². The molecule has 0 aliphatic carbocycles. The van der Waals surface area contributed by atoms with E-state index in [-0.39, 0.29) is 30.3 Å². The summed E-state index contributed by atoms with van der Waals surface area (Å²) in [7, 11) is 0. The lowest BCUT2D eigenvalue weighted by Crippen LogP contribution is -2.46. The van der Waals surface area contributed by atoms with E-state index in [2.05, 4.69) is 32.0 Å². The van der Waals surface area contributed by atoms with Crippen LogP contribution in [-0.4, -0.2) is 53.5 Å². The van der Waals surface area contributed by atoms with Crippen molar-refractivity contribution in [2.75, 3.05) is 23.8 Å². The van der Waals surface area contributed by atoms with Crippen molar-refractivity contribution in [3.8, 4) is 16.6 Å². The second-order valence-corrected chi connectivity index (χ2v) is 8.43. The normalized spacial score (nSPS) is 23.8. The van der Waals surface area contributed by atoms with E-state index in [1.54, 1.807) is 41.8 Å². The van der Waals surface area contributed by atoms with Crippen molar-refractivity contribution in [2.24, 2.45) is 0 Å². The molecule has 1 aromatic carbocycles. The number of amides is 2. The minimum atomic E-state index is -0.374. The number of urea groups is 1. The summed E-state index contributed by atoms with van der Waals surface area (Å²) in [6, 6.07) is 13.9. The summed E-state index contributed by atoms with van der Waals surface area (Å²) in [6.07, 6.45) is 1.23. The van der Waals surface area contributed by atoms with Crippen molar-refractivity contribution in [3.05, 3.63) is 59.6 Å². The first-order valence-corrected chi connectivity index (χ1v) is 11.0. The summed E-state index contributed by atoms with van der Waals surface area (Å²) in [5.41, 5.74) is 1.88. The number of nitriles is 1. The maximum Gasteiger partial charge on any atom is 0.319 e. The molecule has 2 fully saturated rings. The standard InChI is InChI=1S/C22H20N6O3S/c23-10-13-3-1-4-14(9-13)25-22(29)28-17-12-31-19-16(11-30-20(17)19)27-21-24-7-6-15(26-21)18-5-2-8-32-18/h1-9,16-17,19-20H,11-12H2,(H,24,26,27)(H2,25,28,29)/t16-,17+,19-,20+/m0/s1. The Hall–Kier alpha value is -3.52. The van der Waals surface area contributed by atoms with Gasteiger partial charge in [-0.15, -0.1) is 11.3 Å². The molecule has 4 heterocycles. The fourth-order valence-corrected chi connectivity index (χ4v) is 4.60. The van der Waals surface area contributed by atoms with Crippen molar-refractivity contribution in [1.82, 2.24) is 15.3 Å². The number of hydrogen-bond donors (Lipinski definition) is 3. The zero-order valence-electron chi connectivity index (χ0n) is 16.9. The first-order chi connectivity index (χ1) is 15.7. The number of fused-ring (bicyclic) bond motifs is 1. The van der Waals surface area contributed by atoms with E-state index >= 15 is 0 Å². The number of rotatable bonds is 5. The predicted octanol–water partition coefficient (Wildman–Crippen LogP) is 2.85. The summed E-state index contributed by atoms with van der Waals surface area (Å²) in [6.45, 7) is 0.765. The quantitative estimate of drug-likeness (QED) is 0.549. The third-order valence-corrected chi connectivity index (χ3v) is 6.26. The van der Waals surface area contributed by atoms with Crippen LogP contribution in [0.1, 0.15) is 5.56 Å². The van der Waals surface area contributed by atoms with Gasteiger partial charge in [-0.1, -0.05) is 12.1 Å². The highest BCUT2D eigenvalue weighted by Crippen LogP contribution is 2.29. The molecule has 10 heteroatoms. The van der Waals surface area contributed by atoms with Gasteiger partial charge in [0, 0.05) is 11.9 Å². The third-order valence-electron chi connectivity index (χ3n) is 5.36. The summed E-state index contributed by atoms with van der Waals surface area (Å²) < 4.78 is 11.9. The van der Waals surface area contributed by atoms with Crippen LogP contribution in [0.2, 0.25) is 0 Å². The van der Waals surface area contributed by atoms with Crippen LogP contribution in [0.25, 0.3) is 10.6 Å². The van der Waals surface area contributed by atoms with E-state index in [1.165, 1.54) is 0 Å². The minimum Gasteiger partial charge on any atom is -0.371 e. The number of benzene rings is 1.